The summed E-state index contributed by atoms with van der Waals surface area (Å²) in [5.41, 5.74) is 0.408. The maximum atomic E-state index is 11.4. The lowest BCUT2D eigenvalue weighted by Gasteiger charge is -2.10. The first kappa shape index (κ1) is 15.3. The summed E-state index contributed by atoms with van der Waals surface area (Å²) >= 11 is 0. The summed E-state index contributed by atoms with van der Waals surface area (Å²) in [4.78, 5) is 22.4. The highest BCUT2D eigenvalue weighted by molar-refractivity contribution is 5.92. The smallest absolute Gasteiger partial charge is 0.413 e. The Hall–Kier alpha value is -2.75. The van der Waals surface area contributed by atoms with E-state index in [1.165, 1.54) is 25.3 Å². The van der Waals surface area contributed by atoms with Crippen LogP contribution in [0, 0.1) is 11.3 Å². The molecule has 0 aliphatic heterocycles. The number of carbonyl (C=O) groups excluding carboxylic acids is 2. The monoisotopic (exact) mass is 278 g/mol. The molecule has 0 radical (unpaired) electrons. The molecule has 0 bridgehead atoms. The van der Waals surface area contributed by atoms with E-state index in [0.717, 1.165) is 0 Å². The van der Waals surface area contributed by atoms with E-state index in [0.29, 0.717) is 17.1 Å². The van der Waals surface area contributed by atoms with Crippen LogP contribution in [0.15, 0.2) is 18.2 Å². The number of ether oxygens (including phenoxy) is 3. The Balaban J connectivity index is 2.59. The molecule has 0 saturated carbocycles. The first-order valence-electron chi connectivity index (χ1n) is 5.78. The third-order valence-electron chi connectivity index (χ3n) is 2.17. The molecule has 20 heavy (non-hydrogen) atoms. The first-order chi connectivity index (χ1) is 9.60. The molecule has 0 aliphatic carbocycles. The summed E-state index contributed by atoms with van der Waals surface area (Å²) < 4.78 is 14.8. The molecule has 0 fully saturated rings. The van der Waals surface area contributed by atoms with Crippen molar-refractivity contribution in [1.29, 1.82) is 5.26 Å². The Morgan fingerprint density at radius 1 is 1.35 bits per heavy atom. The van der Waals surface area contributed by atoms with Crippen LogP contribution in [0.25, 0.3) is 0 Å². The number of benzene rings is 1. The third-order valence-corrected chi connectivity index (χ3v) is 2.17. The quantitative estimate of drug-likeness (QED) is 0.869. The fraction of sp³-hybridized carbons (Fsp3) is 0.308. The van der Waals surface area contributed by atoms with E-state index >= 15 is 0 Å². The molecule has 0 saturated heterocycles. The van der Waals surface area contributed by atoms with Crippen molar-refractivity contribution >= 4 is 12.0 Å². The van der Waals surface area contributed by atoms with Gasteiger partial charge in [0.25, 0.3) is 5.91 Å². The Kier molecular flexibility index (Phi) is 5.84. The van der Waals surface area contributed by atoms with Crippen molar-refractivity contribution < 1.29 is 23.8 Å². The van der Waals surface area contributed by atoms with Crippen LogP contribution in [-0.4, -0.2) is 32.3 Å². The molecule has 0 heterocycles. The lowest BCUT2D eigenvalue weighted by molar-refractivity contribution is -0.122. The van der Waals surface area contributed by atoms with Crippen LogP contribution in [0.1, 0.15) is 12.5 Å². The number of imide groups is 1. The van der Waals surface area contributed by atoms with Crippen molar-refractivity contribution in [3.63, 3.8) is 0 Å². The number of hydrogen-bond donors (Lipinski definition) is 1. The van der Waals surface area contributed by atoms with E-state index in [-0.39, 0.29) is 13.2 Å². The van der Waals surface area contributed by atoms with Crippen molar-refractivity contribution in [3.8, 4) is 17.6 Å². The lowest BCUT2D eigenvalue weighted by Crippen LogP contribution is -2.34. The van der Waals surface area contributed by atoms with Crippen LogP contribution in [-0.2, 0) is 9.53 Å². The van der Waals surface area contributed by atoms with Gasteiger partial charge >= 0.3 is 6.09 Å². The van der Waals surface area contributed by atoms with Gasteiger partial charge in [0, 0.05) is 6.07 Å². The summed E-state index contributed by atoms with van der Waals surface area (Å²) in [6, 6.07) is 6.48. The van der Waals surface area contributed by atoms with Gasteiger partial charge in [-0.15, -0.1) is 0 Å². The van der Waals surface area contributed by atoms with Gasteiger partial charge in [0.15, 0.2) is 18.1 Å². The fourth-order valence-corrected chi connectivity index (χ4v) is 1.32. The molecular formula is C13H14N2O5. The number of nitriles is 1. The Labute approximate surface area is 116 Å². The van der Waals surface area contributed by atoms with Gasteiger partial charge in [-0.2, -0.15) is 5.26 Å². The van der Waals surface area contributed by atoms with Gasteiger partial charge in [-0.05, 0) is 19.1 Å². The molecular weight excluding hydrogens is 264 g/mol. The second-order valence-corrected chi connectivity index (χ2v) is 3.53. The number of amides is 2. The van der Waals surface area contributed by atoms with Crippen molar-refractivity contribution in [1.82, 2.24) is 5.32 Å². The van der Waals surface area contributed by atoms with Crippen molar-refractivity contribution in [2.24, 2.45) is 0 Å². The molecule has 7 heteroatoms. The molecule has 106 valence electrons. The van der Waals surface area contributed by atoms with Gasteiger partial charge in [-0.25, -0.2) is 4.79 Å². The molecule has 1 N–H and O–H groups in total. The average Bonchev–Trinajstić information content (AvgIpc) is 2.45. The van der Waals surface area contributed by atoms with Crippen molar-refractivity contribution in [2.45, 2.75) is 6.92 Å². The zero-order valence-corrected chi connectivity index (χ0v) is 11.1. The number of hydrogen-bond acceptors (Lipinski definition) is 6. The van der Waals surface area contributed by atoms with Crippen LogP contribution >= 0.6 is 0 Å². The molecule has 1 rings (SSSR count). The zero-order valence-electron chi connectivity index (χ0n) is 11.1. The highest BCUT2D eigenvalue weighted by atomic mass is 16.6. The average molecular weight is 278 g/mol. The number of alkyl carbamates (subject to hydrolysis) is 1. The van der Waals surface area contributed by atoms with Crippen LogP contribution < -0.4 is 14.8 Å². The van der Waals surface area contributed by atoms with Crippen LogP contribution in [0.2, 0.25) is 0 Å². The maximum absolute atomic E-state index is 11.4. The van der Waals surface area contributed by atoms with Gasteiger partial charge in [0.2, 0.25) is 0 Å². The lowest BCUT2D eigenvalue weighted by atomic mass is 10.2. The highest BCUT2D eigenvalue weighted by Gasteiger charge is 2.11. The summed E-state index contributed by atoms with van der Waals surface area (Å²) in [6.45, 7) is 1.42. The van der Waals surface area contributed by atoms with Gasteiger partial charge in [-0.1, -0.05) is 0 Å². The Morgan fingerprint density at radius 3 is 2.70 bits per heavy atom. The minimum atomic E-state index is -0.826. The Bertz CT molecular complexity index is 536. The van der Waals surface area contributed by atoms with Crippen LogP contribution in [0.3, 0.4) is 0 Å². The normalized spacial score (nSPS) is 9.25. The standard InChI is InChI=1S/C13H14N2O5/c1-3-19-13(17)15-12(16)8-20-10-5-4-9(7-14)6-11(10)18-2/h4-6H,3,8H2,1-2H3,(H,15,16,17). The van der Waals surface area contributed by atoms with Crippen LogP contribution in [0.5, 0.6) is 11.5 Å². The van der Waals surface area contributed by atoms with E-state index in [9.17, 15) is 9.59 Å². The predicted molar refractivity (Wildman–Crippen MR) is 68.4 cm³/mol. The highest BCUT2D eigenvalue weighted by Crippen LogP contribution is 2.27. The van der Waals surface area contributed by atoms with E-state index in [4.69, 9.17) is 14.7 Å². The third kappa shape index (κ3) is 4.49. The number of rotatable bonds is 5. The molecule has 0 aromatic heterocycles. The molecule has 2 amide bonds. The second kappa shape index (κ2) is 7.63. The van der Waals surface area contributed by atoms with E-state index in [1.54, 1.807) is 6.92 Å². The summed E-state index contributed by atoms with van der Waals surface area (Å²) in [5, 5.41) is 10.7. The Morgan fingerprint density at radius 2 is 2.10 bits per heavy atom. The fourth-order valence-electron chi connectivity index (χ4n) is 1.32. The maximum Gasteiger partial charge on any atom is 0.413 e. The zero-order chi connectivity index (χ0) is 15.0. The van der Waals surface area contributed by atoms with Crippen LogP contribution in [0.4, 0.5) is 4.79 Å². The molecule has 0 spiro atoms. The number of methoxy groups -OCH3 is 1. The molecule has 0 aliphatic rings. The molecule has 1 aromatic rings. The molecule has 7 nitrogen and oxygen atoms in total. The minimum absolute atomic E-state index is 0.170. The summed E-state index contributed by atoms with van der Waals surface area (Å²) in [5.74, 6) is -0.0200. The topological polar surface area (TPSA) is 97.6 Å². The predicted octanol–water partition coefficient (Wildman–Crippen LogP) is 1.22. The van der Waals surface area contributed by atoms with E-state index in [2.05, 4.69) is 4.74 Å². The van der Waals surface area contributed by atoms with E-state index in [1.807, 2.05) is 11.4 Å². The first-order valence-corrected chi connectivity index (χ1v) is 5.78. The SMILES string of the molecule is CCOC(=O)NC(=O)COc1ccc(C#N)cc1OC. The van der Waals surface area contributed by atoms with Crippen molar-refractivity contribution in [3.05, 3.63) is 23.8 Å². The summed E-state index contributed by atoms with van der Waals surface area (Å²) in [6.07, 6.45) is -0.826. The van der Waals surface area contributed by atoms with Gasteiger partial charge in [-0.3, -0.25) is 10.1 Å². The largest absolute Gasteiger partial charge is 0.493 e. The van der Waals surface area contributed by atoms with Gasteiger partial charge in [0.1, 0.15) is 0 Å². The molecule has 1 aromatic carbocycles. The summed E-state index contributed by atoms with van der Waals surface area (Å²) in [7, 11) is 1.42. The van der Waals surface area contributed by atoms with Gasteiger partial charge in [0.05, 0.1) is 25.3 Å². The second-order valence-electron chi connectivity index (χ2n) is 3.53. The van der Waals surface area contributed by atoms with E-state index < -0.39 is 12.0 Å². The minimum Gasteiger partial charge on any atom is -0.493 e. The number of carbonyl (C=O) groups is 2. The van der Waals surface area contributed by atoms with Crippen molar-refractivity contribution in [2.75, 3.05) is 20.3 Å². The number of nitrogens with zero attached hydrogens (tertiary/aromatic N) is 1. The van der Waals surface area contributed by atoms with Gasteiger partial charge < -0.3 is 14.2 Å². The molecule has 0 unspecified atom stereocenters. The molecule has 0 atom stereocenters. The number of nitrogens with one attached hydrogen (secondary N) is 1.